The summed E-state index contributed by atoms with van der Waals surface area (Å²) < 4.78 is 0. The zero-order valence-corrected chi connectivity index (χ0v) is 15.9. The number of allylic oxidation sites excluding steroid dienone is 2. The Balaban J connectivity index is 1.50. The molecule has 1 unspecified atom stereocenters. The van der Waals surface area contributed by atoms with Gasteiger partial charge in [-0.2, -0.15) is 0 Å². The highest BCUT2D eigenvalue weighted by atomic mass is 32.2. The summed E-state index contributed by atoms with van der Waals surface area (Å²) in [4.78, 5) is 3.58. The first-order chi connectivity index (χ1) is 13.3. The lowest BCUT2D eigenvalue weighted by molar-refractivity contribution is 1.23. The molecule has 0 saturated carbocycles. The zero-order chi connectivity index (χ0) is 18.2. The standard InChI is InChI=1S/C24H20N2S/c1-17-8-7-13-22-24(17)25-23(27-22)16-18-14-15-26(19-9-3-2-4-10-19)21-12-6-5-11-20(18)21/h2-16,23,25H,1H3. The Morgan fingerprint density at radius 2 is 1.74 bits per heavy atom. The van der Waals surface area contributed by atoms with Gasteiger partial charge in [-0.1, -0.05) is 60.3 Å². The van der Waals surface area contributed by atoms with E-state index in [9.17, 15) is 0 Å². The van der Waals surface area contributed by atoms with Crippen molar-refractivity contribution in [3.8, 4) is 0 Å². The Bertz CT molecular complexity index is 1050. The molecule has 1 N–H and O–H groups in total. The number of hydrogen-bond acceptors (Lipinski definition) is 3. The van der Waals surface area contributed by atoms with Gasteiger partial charge in [0.05, 0.1) is 16.7 Å². The van der Waals surface area contributed by atoms with Gasteiger partial charge in [0.1, 0.15) is 0 Å². The van der Waals surface area contributed by atoms with Crippen molar-refractivity contribution in [2.24, 2.45) is 0 Å². The largest absolute Gasteiger partial charge is 0.369 e. The predicted octanol–water partition coefficient (Wildman–Crippen LogP) is 6.59. The minimum atomic E-state index is 0.247. The monoisotopic (exact) mass is 368 g/mol. The Morgan fingerprint density at radius 3 is 2.59 bits per heavy atom. The lowest BCUT2D eigenvalue weighted by Gasteiger charge is -2.28. The van der Waals surface area contributed by atoms with Crippen molar-refractivity contribution in [2.45, 2.75) is 17.2 Å². The van der Waals surface area contributed by atoms with Crippen LogP contribution in [0.2, 0.25) is 0 Å². The third-order valence-electron chi connectivity index (χ3n) is 5.02. The molecule has 0 aliphatic carbocycles. The number of benzene rings is 3. The van der Waals surface area contributed by atoms with Crippen LogP contribution >= 0.6 is 11.8 Å². The first kappa shape index (κ1) is 16.3. The summed E-state index contributed by atoms with van der Waals surface area (Å²) in [6, 6.07) is 25.6. The SMILES string of the molecule is Cc1cccc2c1NC(C=C1C=CN(c3ccccc3)c3ccccc31)S2. The fourth-order valence-corrected chi connectivity index (χ4v) is 4.84. The first-order valence-electron chi connectivity index (χ1n) is 9.16. The normalized spacial score (nSPS) is 18.9. The Kier molecular flexibility index (Phi) is 4.02. The lowest BCUT2D eigenvalue weighted by Crippen LogP contribution is -2.15. The van der Waals surface area contributed by atoms with E-state index in [0.29, 0.717) is 0 Å². The molecule has 0 fully saturated rings. The van der Waals surface area contributed by atoms with E-state index in [0.717, 1.165) is 0 Å². The molecule has 3 heteroatoms. The van der Waals surface area contributed by atoms with Crippen molar-refractivity contribution < 1.29 is 0 Å². The molecule has 1 atom stereocenters. The number of hydrogen-bond donors (Lipinski definition) is 1. The number of rotatable bonds is 2. The number of nitrogens with one attached hydrogen (secondary N) is 1. The van der Waals surface area contributed by atoms with Crippen LogP contribution in [0.15, 0.2) is 96.0 Å². The first-order valence-corrected chi connectivity index (χ1v) is 10.0. The van der Waals surface area contributed by atoms with E-state index < -0.39 is 0 Å². The van der Waals surface area contributed by atoms with E-state index in [4.69, 9.17) is 0 Å². The third kappa shape index (κ3) is 2.94. The topological polar surface area (TPSA) is 15.3 Å². The van der Waals surface area contributed by atoms with Gasteiger partial charge in [-0.3, -0.25) is 0 Å². The summed E-state index contributed by atoms with van der Waals surface area (Å²) in [7, 11) is 0. The number of nitrogens with zero attached hydrogens (tertiary/aromatic N) is 1. The molecule has 2 nitrogen and oxygen atoms in total. The molecule has 2 aliphatic heterocycles. The quantitative estimate of drug-likeness (QED) is 0.549. The van der Waals surface area contributed by atoms with Crippen LogP contribution in [-0.4, -0.2) is 5.37 Å². The van der Waals surface area contributed by atoms with Gasteiger partial charge in [-0.15, -0.1) is 0 Å². The molecular weight excluding hydrogens is 348 g/mol. The molecule has 0 bridgehead atoms. The Labute approximate surface area is 164 Å². The number of anilines is 3. The number of fused-ring (bicyclic) bond motifs is 2. The van der Waals surface area contributed by atoms with Crippen LogP contribution in [0.5, 0.6) is 0 Å². The average molecular weight is 369 g/mol. The summed E-state index contributed by atoms with van der Waals surface area (Å²) in [5.41, 5.74) is 7.48. The molecule has 2 aliphatic rings. The number of aryl methyl sites for hydroxylation is 1. The van der Waals surface area contributed by atoms with Gasteiger partial charge >= 0.3 is 0 Å². The maximum absolute atomic E-state index is 3.66. The molecule has 27 heavy (non-hydrogen) atoms. The average Bonchev–Trinajstić information content (AvgIpc) is 3.13. The van der Waals surface area contributed by atoms with Gasteiger partial charge < -0.3 is 10.2 Å². The summed E-state index contributed by atoms with van der Waals surface area (Å²) >= 11 is 1.88. The van der Waals surface area contributed by atoms with Crippen molar-refractivity contribution in [1.82, 2.24) is 0 Å². The van der Waals surface area contributed by atoms with Crippen molar-refractivity contribution in [3.63, 3.8) is 0 Å². The van der Waals surface area contributed by atoms with Crippen LogP contribution < -0.4 is 10.2 Å². The van der Waals surface area contributed by atoms with Gasteiger partial charge in [-0.05, 0) is 54.5 Å². The fourth-order valence-electron chi connectivity index (χ4n) is 3.68. The molecule has 5 rings (SSSR count). The van der Waals surface area contributed by atoms with Crippen LogP contribution in [0.4, 0.5) is 17.1 Å². The van der Waals surface area contributed by atoms with Gasteiger partial charge in [0, 0.05) is 22.3 Å². The van der Waals surface area contributed by atoms with E-state index in [1.54, 1.807) is 0 Å². The Morgan fingerprint density at radius 1 is 0.926 bits per heavy atom. The molecule has 0 amide bonds. The fraction of sp³-hybridized carbons (Fsp3) is 0.0833. The third-order valence-corrected chi connectivity index (χ3v) is 6.12. The molecular formula is C24H20N2S. The van der Waals surface area contributed by atoms with Gasteiger partial charge in [0.25, 0.3) is 0 Å². The zero-order valence-electron chi connectivity index (χ0n) is 15.1. The minimum Gasteiger partial charge on any atom is -0.369 e. The van der Waals surface area contributed by atoms with Crippen molar-refractivity contribution in [1.29, 1.82) is 0 Å². The molecule has 132 valence electrons. The second-order valence-electron chi connectivity index (χ2n) is 6.79. The maximum atomic E-state index is 3.66. The van der Waals surface area contributed by atoms with Crippen LogP contribution in [-0.2, 0) is 0 Å². The molecule has 0 aromatic heterocycles. The van der Waals surface area contributed by atoms with Gasteiger partial charge in [0.2, 0.25) is 0 Å². The van der Waals surface area contributed by atoms with Crippen LogP contribution in [0, 0.1) is 6.92 Å². The highest BCUT2D eigenvalue weighted by molar-refractivity contribution is 8.00. The van der Waals surface area contributed by atoms with E-state index >= 15 is 0 Å². The number of thioether (sulfide) groups is 1. The summed E-state index contributed by atoms with van der Waals surface area (Å²) in [5.74, 6) is 0. The molecule has 0 saturated heterocycles. The maximum Gasteiger partial charge on any atom is 0.0966 e. The van der Waals surface area contributed by atoms with Crippen molar-refractivity contribution in [3.05, 3.63) is 102 Å². The van der Waals surface area contributed by atoms with E-state index in [1.165, 1.54) is 38.7 Å². The van der Waals surface area contributed by atoms with E-state index in [1.807, 2.05) is 11.8 Å². The molecule has 2 heterocycles. The van der Waals surface area contributed by atoms with Gasteiger partial charge in [-0.25, -0.2) is 0 Å². The molecule has 0 spiro atoms. The Hall–Kier alpha value is -2.91. The van der Waals surface area contributed by atoms with Crippen molar-refractivity contribution in [2.75, 3.05) is 10.2 Å². The van der Waals surface area contributed by atoms with E-state index in [-0.39, 0.29) is 5.37 Å². The highest BCUT2D eigenvalue weighted by Crippen LogP contribution is 2.43. The van der Waals surface area contributed by atoms with Crippen LogP contribution in [0.1, 0.15) is 11.1 Å². The van der Waals surface area contributed by atoms with Crippen LogP contribution in [0.25, 0.3) is 5.57 Å². The second-order valence-corrected chi connectivity index (χ2v) is 7.97. The smallest absolute Gasteiger partial charge is 0.0966 e. The lowest BCUT2D eigenvalue weighted by atomic mass is 9.99. The molecule has 3 aromatic carbocycles. The predicted molar refractivity (Wildman–Crippen MR) is 117 cm³/mol. The van der Waals surface area contributed by atoms with Crippen LogP contribution in [0.3, 0.4) is 0 Å². The summed E-state index contributed by atoms with van der Waals surface area (Å²) in [5, 5.41) is 3.91. The second kappa shape index (κ2) is 6.67. The summed E-state index contributed by atoms with van der Waals surface area (Å²) in [6.45, 7) is 2.16. The highest BCUT2D eigenvalue weighted by Gasteiger charge is 2.23. The molecule has 3 aromatic rings. The number of para-hydroxylation sites is 3. The summed E-state index contributed by atoms with van der Waals surface area (Å²) in [6.07, 6.45) is 6.72. The van der Waals surface area contributed by atoms with Crippen molar-refractivity contribution >= 4 is 34.4 Å². The minimum absolute atomic E-state index is 0.247. The van der Waals surface area contributed by atoms with Gasteiger partial charge in [0.15, 0.2) is 0 Å². The van der Waals surface area contributed by atoms with E-state index in [2.05, 4.69) is 108 Å². The molecule has 0 radical (unpaired) electrons.